The summed E-state index contributed by atoms with van der Waals surface area (Å²) in [7, 11) is 0. The zero-order chi connectivity index (χ0) is 19.3. The minimum absolute atomic E-state index is 0.0163. The molecular weight excluding hydrogens is 356 g/mol. The van der Waals surface area contributed by atoms with E-state index in [1.807, 2.05) is 17.0 Å². The molecule has 7 heteroatoms. The topological polar surface area (TPSA) is 75.6 Å². The van der Waals surface area contributed by atoms with Crippen LogP contribution in [0.2, 0.25) is 0 Å². The average Bonchev–Trinajstić information content (AvgIpc) is 3.45. The average molecular weight is 378 g/mol. The Kier molecular flexibility index (Phi) is 3.96. The minimum Gasteiger partial charge on any atom is -0.472 e. The van der Waals surface area contributed by atoms with Crippen molar-refractivity contribution in [3.8, 4) is 0 Å². The molecule has 2 aliphatic rings. The smallest absolute Gasteiger partial charge is 0.318 e. The summed E-state index contributed by atoms with van der Waals surface area (Å²) in [5, 5.41) is 8.14. The highest BCUT2D eigenvalue weighted by Gasteiger charge is 2.50. The van der Waals surface area contributed by atoms with E-state index in [9.17, 15) is 4.79 Å². The number of carbonyl (C=O) groups is 1. The Hall–Kier alpha value is -3.09. The standard InChI is InChI=1S/C21H22N4O3/c1-13-5-3-4-6-17(13)19-18-11-24(21-23-22-14(2)28-21)9-16(18)10-25(19)20(26)15-7-8-27-12-15/h3-8,12,16,18-19H,9-11H2,1-2H3/t16-,18-,19-/m0/s1. The van der Waals surface area contributed by atoms with Gasteiger partial charge in [-0.2, -0.15) is 0 Å². The molecule has 0 unspecified atom stereocenters. The van der Waals surface area contributed by atoms with Gasteiger partial charge in [-0.05, 0) is 24.1 Å². The summed E-state index contributed by atoms with van der Waals surface area (Å²) in [5.41, 5.74) is 3.00. The molecular formula is C21H22N4O3. The Morgan fingerprint density at radius 2 is 1.96 bits per heavy atom. The third-order valence-electron chi connectivity index (χ3n) is 5.99. The largest absolute Gasteiger partial charge is 0.472 e. The molecule has 0 radical (unpaired) electrons. The van der Waals surface area contributed by atoms with E-state index in [1.54, 1.807) is 19.3 Å². The number of anilines is 1. The summed E-state index contributed by atoms with van der Waals surface area (Å²) >= 11 is 0. The fourth-order valence-corrected chi connectivity index (χ4v) is 4.69. The highest BCUT2D eigenvalue weighted by atomic mass is 16.4. The number of fused-ring (bicyclic) bond motifs is 1. The van der Waals surface area contributed by atoms with Gasteiger partial charge in [0.15, 0.2) is 0 Å². The molecule has 2 aliphatic heterocycles. The number of hydrogen-bond donors (Lipinski definition) is 0. The second kappa shape index (κ2) is 6.51. The SMILES string of the molecule is Cc1nnc(N2C[C@H]3CN(C(=O)c4ccoc4)[C@@H](c4ccccc4C)[C@H]3C2)o1. The number of carbonyl (C=O) groups excluding carboxylic acids is 1. The zero-order valence-corrected chi connectivity index (χ0v) is 15.9. The molecule has 0 spiro atoms. The third kappa shape index (κ3) is 2.69. The first-order chi connectivity index (χ1) is 13.6. The highest BCUT2D eigenvalue weighted by Crippen LogP contribution is 2.47. The number of nitrogens with zero attached hydrogens (tertiary/aromatic N) is 4. The van der Waals surface area contributed by atoms with Crippen LogP contribution in [0.25, 0.3) is 0 Å². The first-order valence-corrected chi connectivity index (χ1v) is 9.55. The lowest BCUT2D eigenvalue weighted by atomic mass is 9.87. The van der Waals surface area contributed by atoms with Crippen molar-refractivity contribution in [2.75, 3.05) is 24.5 Å². The van der Waals surface area contributed by atoms with Crippen molar-refractivity contribution >= 4 is 11.9 Å². The Bertz CT molecular complexity index is 997. The van der Waals surface area contributed by atoms with E-state index < -0.39 is 0 Å². The maximum atomic E-state index is 13.2. The molecule has 0 saturated carbocycles. The van der Waals surface area contributed by atoms with E-state index in [-0.39, 0.29) is 11.9 Å². The molecule has 1 aromatic carbocycles. The van der Waals surface area contributed by atoms with Crippen molar-refractivity contribution in [2.45, 2.75) is 19.9 Å². The van der Waals surface area contributed by atoms with Crippen LogP contribution in [-0.2, 0) is 0 Å². The fraction of sp³-hybridized carbons (Fsp3) is 0.381. The van der Waals surface area contributed by atoms with Gasteiger partial charge >= 0.3 is 6.01 Å². The van der Waals surface area contributed by atoms with Crippen LogP contribution in [0, 0.1) is 25.7 Å². The first-order valence-electron chi connectivity index (χ1n) is 9.55. The maximum Gasteiger partial charge on any atom is 0.318 e. The number of amides is 1. The van der Waals surface area contributed by atoms with Gasteiger partial charge in [0.2, 0.25) is 5.89 Å². The lowest BCUT2D eigenvalue weighted by Gasteiger charge is -2.30. The molecule has 1 amide bonds. The molecule has 0 aliphatic carbocycles. The van der Waals surface area contributed by atoms with Crippen LogP contribution in [0.15, 0.2) is 51.7 Å². The van der Waals surface area contributed by atoms with Gasteiger partial charge in [-0.1, -0.05) is 29.4 Å². The van der Waals surface area contributed by atoms with Crippen molar-refractivity contribution in [1.29, 1.82) is 0 Å². The number of furan rings is 1. The van der Waals surface area contributed by atoms with Gasteiger partial charge in [0.05, 0.1) is 17.9 Å². The minimum atomic E-state index is 0.0163. The van der Waals surface area contributed by atoms with E-state index >= 15 is 0 Å². The Labute approximate surface area is 162 Å². The number of benzene rings is 1. The van der Waals surface area contributed by atoms with E-state index in [2.05, 4.69) is 34.2 Å². The molecule has 2 saturated heterocycles. The number of rotatable bonds is 3. The zero-order valence-electron chi connectivity index (χ0n) is 15.9. The van der Waals surface area contributed by atoms with Gasteiger partial charge in [-0.3, -0.25) is 4.79 Å². The highest BCUT2D eigenvalue weighted by molar-refractivity contribution is 5.94. The summed E-state index contributed by atoms with van der Waals surface area (Å²) in [4.78, 5) is 17.4. The number of aryl methyl sites for hydroxylation is 2. The number of aromatic nitrogens is 2. The molecule has 3 atom stereocenters. The fourth-order valence-electron chi connectivity index (χ4n) is 4.69. The molecule has 0 bridgehead atoms. The predicted octanol–water partition coefficient (Wildman–Crippen LogP) is 3.23. The lowest BCUT2D eigenvalue weighted by Crippen LogP contribution is -2.36. The van der Waals surface area contributed by atoms with Crippen LogP contribution in [0.1, 0.15) is 33.4 Å². The van der Waals surface area contributed by atoms with Gasteiger partial charge in [-0.15, -0.1) is 5.10 Å². The molecule has 28 heavy (non-hydrogen) atoms. The molecule has 0 N–H and O–H groups in total. The van der Waals surface area contributed by atoms with Crippen molar-refractivity contribution in [1.82, 2.24) is 15.1 Å². The van der Waals surface area contributed by atoms with Gasteiger partial charge < -0.3 is 18.6 Å². The maximum absolute atomic E-state index is 13.2. The third-order valence-corrected chi connectivity index (χ3v) is 5.99. The van der Waals surface area contributed by atoms with E-state index in [0.29, 0.717) is 35.8 Å². The Morgan fingerprint density at radius 1 is 1.11 bits per heavy atom. The summed E-state index contributed by atoms with van der Waals surface area (Å²) < 4.78 is 10.8. The van der Waals surface area contributed by atoms with Crippen molar-refractivity contribution in [3.63, 3.8) is 0 Å². The Balaban J connectivity index is 1.49. The van der Waals surface area contributed by atoms with Crippen LogP contribution in [0.3, 0.4) is 0 Å². The summed E-state index contributed by atoms with van der Waals surface area (Å²) in [6.07, 6.45) is 3.07. The summed E-state index contributed by atoms with van der Waals surface area (Å²) in [5.74, 6) is 1.26. The quantitative estimate of drug-likeness (QED) is 0.697. The second-order valence-corrected chi connectivity index (χ2v) is 7.70. The monoisotopic (exact) mass is 378 g/mol. The lowest BCUT2D eigenvalue weighted by molar-refractivity contribution is 0.0714. The van der Waals surface area contributed by atoms with Crippen molar-refractivity contribution in [2.24, 2.45) is 11.8 Å². The van der Waals surface area contributed by atoms with Crippen molar-refractivity contribution < 1.29 is 13.6 Å². The van der Waals surface area contributed by atoms with E-state index in [4.69, 9.17) is 8.83 Å². The van der Waals surface area contributed by atoms with Crippen LogP contribution in [0.5, 0.6) is 0 Å². The van der Waals surface area contributed by atoms with Crippen molar-refractivity contribution in [3.05, 3.63) is 65.4 Å². The molecule has 2 aromatic heterocycles. The van der Waals surface area contributed by atoms with Gasteiger partial charge in [0, 0.05) is 38.4 Å². The summed E-state index contributed by atoms with van der Waals surface area (Å²) in [6.45, 7) is 6.22. The van der Waals surface area contributed by atoms with Crippen LogP contribution >= 0.6 is 0 Å². The van der Waals surface area contributed by atoms with E-state index in [0.717, 1.165) is 13.1 Å². The van der Waals surface area contributed by atoms with E-state index in [1.165, 1.54) is 17.4 Å². The molecule has 144 valence electrons. The normalized spacial score (nSPS) is 24.0. The number of likely N-dealkylation sites (tertiary alicyclic amines) is 1. The van der Waals surface area contributed by atoms with Crippen LogP contribution < -0.4 is 4.90 Å². The Morgan fingerprint density at radius 3 is 2.68 bits per heavy atom. The van der Waals surface area contributed by atoms with Crippen LogP contribution in [0.4, 0.5) is 6.01 Å². The molecule has 2 fully saturated rings. The number of hydrogen-bond acceptors (Lipinski definition) is 6. The molecule has 3 aromatic rings. The van der Waals surface area contributed by atoms with Crippen LogP contribution in [-0.4, -0.2) is 40.6 Å². The molecule has 7 nitrogen and oxygen atoms in total. The molecule has 5 rings (SSSR count). The molecule has 4 heterocycles. The first kappa shape index (κ1) is 17.0. The summed E-state index contributed by atoms with van der Waals surface area (Å²) in [6, 6.07) is 10.7. The van der Waals surface area contributed by atoms with Gasteiger partial charge in [-0.25, -0.2) is 0 Å². The van der Waals surface area contributed by atoms with Gasteiger partial charge in [0.25, 0.3) is 5.91 Å². The predicted molar refractivity (Wildman–Crippen MR) is 102 cm³/mol. The second-order valence-electron chi connectivity index (χ2n) is 7.70. The van der Waals surface area contributed by atoms with Gasteiger partial charge in [0.1, 0.15) is 6.26 Å².